The van der Waals surface area contributed by atoms with E-state index in [-0.39, 0.29) is 29.3 Å². The van der Waals surface area contributed by atoms with E-state index in [1.807, 2.05) is 24.3 Å². The lowest BCUT2D eigenvalue weighted by atomic mass is 10.1. The summed E-state index contributed by atoms with van der Waals surface area (Å²) in [5.41, 5.74) is 1.42. The van der Waals surface area contributed by atoms with Gasteiger partial charge in [-0.15, -0.1) is 0 Å². The quantitative estimate of drug-likeness (QED) is 0.440. The van der Waals surface area contributed by atoms with Crippen molar-refractivity contribution < 1.29 is 18.4 Å². The molecule has 2 aromatic carbocycles. The number of Topliss-reactive ketones (excluding diaryl/α,β-unsaturated/α-hetero) is 1. The van der Waals surface area contributed by atoms with Crippen molar-refractivity contribution in [1.29, 1.82) is 0 Å². The van der Waals surface area contributed by atoms with Gasteiger partial charge in [0.15, 0.2) is 12.4 Å². The maximum Gasteiger partial charge on any atom is 0.235 e. The highest BCUT2D eigenvalue weighted by atomic mass is 16.5. The second-order valence-electron chi connectivity index (χ2n) is 6.52. The molecule has 0 bridgehead atoms. The fourth-order valence-corrected chi connectivity index (χ4v) is 3.34. The molecule has 0 fully saturated rings. The van der Waals surface area contributed by atoms with Gasteiger partial charge in [-0.2, -0.15) is 0 Å². The van der Waals surface area contributed by atoms with Crippen LogP contribution in [0, 0.1) is 0 Å². The van der Waals surface area contributed by atoms with E-state index in [9.17, 15) is 9.59 Å². The molecule has 6 nitrogen and oxygen atoms in total. The number of aromatic nitrogens is 1. The molecule has 0 aliphatic carbocycles. The van der Waals surface area contributed by atoms with E-state index in [1.165, 1.54) is 6.26 Å². The summed E-state index contributed by atoms with van der Waals surface area (Å²) >= 11 is 0. The highest BCUT2D eigenvalue weighted by Crippen LogP contribution is 2.31. The smallest absolute Gasteiger partial charge is 0.235 e. The molecule has 1 N–H and O–H groups in total. The molecular formula is C23H15NO5. The molecule has 0 saturated carbocycles. The summed E-state index contributed by atoms with van der Waals surface area (Å²) in [7, 11) is 0. The Hall–Kier alpha value is -4.06. The topological polar surface area (TPSA) is 85.4 Å². The average Bonchev–Trinajstić information content (AvgIpc) is 3.43. The molecule has 142 valence electrons. The summed E-state index contributed by atoms with van der Waals surface area (Å²) in [6.45, 7) is -0.307. The molecule has 0 saturated heterocycles. The number of benzene rings is 2. The first-order valence-corrected chi connectivity index (χ1v) is 9.04. The van der Waals surface area contributed by atoms with Gasteiger partial charge in [-0.25, -0.2) is 0 Å². The van der Waals surface area contributed by atoms with E-state index in [2.05, 4.69) is 4.98 Å². The number of fused-ring (bicyclic) bond motifs is 2. The lowest BCUT2D eigenvalue weighted by molar-refractivity contribution is 0.0922. The number of ketones is 1. The molecule has 0 unspecified atom stereocenters. The molecule has 3 aromatic heterocycles. The van der Waals surface area contributed by atoms with Gasteiger partial charge in [0.05, 0.1) is 11.6 Å². The minimum absolute atomic E-state index is 0.0492. The van der Waals surface area contributed by atoms with E-state index >= 15 is 0 Å². The number of hydrogen-bond donors (Lipinski definition) is 1. The first kappa shape index (κ1) is 17.1. The number of furan rings is 1. The normalized spacial score (nSPS) is 11.2. The summed E-state index contributed by atoms with van der Waals surface area (Å²) in [5.74, 6) is 0.208. The van der Waals surface area contributed by atoms with Crippen LogP contribution in [0.25, 0.3) is 33.4 Å². The predicted molar refractivity (Wildman–Crippen MR) is 108 cm³/mol. The van der Waals surface area contributed by atoms with Gasteiger partial charge in [0.2, 0.25) is 22.7 Å². The Morgan fingerprint density at radius 2 is 1.76 bits per heavy atom. The first-order valence-electron chi connectivity index (χ1n) is 9.04. The maximum atomic E-state index is 13.0. The van der Waals surface area contributed by atoms with Crippen LogP contribution in [-0.2, 0) is 0 Å². The second kappa shape index (κ2) is 6.83. The zero-order chi connectivity index (χ0) is 19.8. The molecule has 0 aliphatic heterocycles. The first-order chi connectivity index (χ1) is 14.2. The van der Waals surface area contributed by atoms with E-state index in [0.29, 0.717) is 22.3 Å². The van der Waals surface area contributed by atoms with Gasteiger partial charge >= 0.3 is 0 Å². The van der Waals surface area contributed by atoms with Crippen LogP contribution in [-0.4, -0.2) is 17.4 Å². The van der Waals surface area contributed by atoms with E-state index < -0.39 is 0 Å². The molecule has 0 amide bonds. The minimum atomic E-state index is -0.357. The Kier molecular flexibility index (Phi) is 4.02. The monoisotopic (exact) mass is 385 g/mol. The van der Waals surface area contributed by atoms with Crippen molar-refractivity contribution in [3.05, 3.63) is 88.9 Å². The van der Waals surface area contributed by atoms with Crippen LogP contribution in [0.3, 0.4) is 0 Å². The number of carbonyl (C=O) groups excluding carboxylic acids is 1. The van der Waals surface area contributed by atoms with Crippen LogP contribution in [0.5, 0.6) is 5.75 Å². The van der Waals surface area contributed by atoms with Crippen LogP contribution in [0.2, 0.25) is 0 Å². The zero-order valence-corrected chi connectivity index (χ0v) is 15.2. The van der Waals surface area contributed by atoms with Crippen LogP contribution in [0.1, 0.15) is 10.4 Å². The van der Waals surface area contributed by atoms with Gasteiger partial charge in [0, 0.05) is 22.7 Å². The van der Waals surface area contributed by atoms with E-state index in [1.54, 1.807) is 42.6 Å². The Bertz CT molecular complexity index is 1390. The van der Waals surface area contributed by atoms with Crippen molar-refractivity contribution in [2.45, 2.75) is 0 Å². The molecule has 3 heterocycles. The summed E-state index contributed by atoms with van der Waals surface area (Å²) in [4.78, 5) is 28.8. The van der Waals surface area contributed by atoms with Gasteiger partial charge in [-0.05, 0) is 30.3 Å². The van der Waals surface area contributed by atoms with Gasteiger partial charge in [-0.1, -0.05) is 30.3 Å². The van der Waals surface area contributed by atoms with Gasteiger partial charge in [0.1, 0.15) is 5.58 Å². The van der Waals surface area contributed by atoms with Crippen molar-refractivity contribution in [2.24, 2.45) is 0 Å². The zero-order valence-electron chi connectivity index (χ0n) is 15.2. The molecular weight excluding hydrogens is 370 g/mol. The summed E-state index contributed by atoms with van der Waals surface area (Å²) in [5, 5.41) is 1.18. The van der Waals surface area contributed by atoms with Gasteiger partial charge in [-0.3, -0.25) is 9.59 Å². The summed E-state index contributed by atoms with van der Waals surface area (Å²) in [6, 6.07) is 17.7. The molecule has 0 atom stereocenters. The predicted octanol–water partition coefficient (Wildman–Crippen LogP) is 4.80. The van der Waals surface area contributed by atoms with Crippen molar-refractivity contribution in [3.8, 4) is 17.3 Å². The number of aromatic amines is 1. The number of hydrogen-bond acceptors (Lipinski definition) is 5. The fourth-order valence-electron chi connectivity index (χ4n) is 3.34. The minimum Gasteiger partial charge on any atom is -0.478 e. The molecule has 5 rings (SSSR count). The molecule has 0 radical (unpaired) electrons. The third-order valence-corrected chi connectivity index (χ3v) is 4.74. The SMILES string of the molecule is O=C(COc1c(-c2ccco2)oc2ccccc2c1=O)c1c[nH]c2ccccc12. The number of H-pyrrole nitrogens is 1. The van der Waals surface area contributed by atoms with Crippen LogP contribution >= 0.6 is 0 Å². The third-order valence-electron chi connectivity index (χ3n) is 4.74. The Labute approximate surface area is 164 Å². The van der Waals surface area contributed by atoms with Crippen LogP contribution < -0.4 is 10.2 Å². The number of nitrogens with one attached hydrogen (secondary N) is 1. The summed E-state index contributed by atoms with van der Waals surface area (Å²) < 4.78 is 17.0. The molecule has 0 spiro atoms. The number of rotatable bonds is 5. The summed E-state index contributed by atoms with van der Waals surface area (Å²) in [6.07, 6.45) is 3.12. The number of para-hydroxylation sites is 2. The van der Waals surface area contributed by atoms with Crippen LogP contribution in [0.15, 0.2) is 86.8 Å². The maximum absolute atomic E-state index is 13.0. The fraction of sp³-hybridized carbons (Fsp3) is 0.0435. The molecule has 5 aromatic rings. The largest absolute Gasteiger partial charge is 0.478 e. The Morgan fingerprint density at radius 3 is 2.59 bits per heavy atom. The highest BCUT2D eigenvalue weighted by molar-refractivity contribution is 6.08. The lowest BCUT2D eigenvalue weighted by Crippen LogP contribution is -2.16. The standard InChI is InChI=1S/C23H15NO5/c25-18(16-12-24-17-8-3-1-6-14(16)17)13-28-23-21(26)15-7-2-4-9-19(15)29-22(23)20-10-5-11-27-20/h1-12,24H,13H2. The van der Waals surface area contributed by atoms with E-state index in [0.717, 1.165) is 10.9 Å². The van der Waals surface area contributed by atoms with Gasteiger partial charge in [0.25, 0.3) is 0 Å². The van der Waals surface area contributed by atoms with Crippen molar-refractivity contribution in [2.75, 3.05) is 6.61 Å². The van der Waals surface area contributed by atoms with Gasteiger partial charge < -0.3 is 18.6 Å². The Balaban J connectivity index is 1.54. The van der Waals surface area contributed by atoms with Crippen molar-refractivity contribution in [1.82, 2.24) is 4.98 Å². The van der Waals surface area contributed by atoms with E-state index in [4.69, 9.17) is 13.6 Å². The van der Waals surface area contributed by atoms with Crippen molar-refractivity contribution in [3.63, 3.8) is 0 Å². The highest BCUT2D eigenvalue weighted by Gasteiger charge is 2.21. The second-order valence-corrected chi connectivity index (χ2v) is 6.52. The molecule has 29 heavy (non-hydrogen) atoms. The Morgan fingerprint density at radius 1 is 0.966 bits per heavy atom. The molecule has 6 heteroatoms. The van der Waals surface area contributed by atoms with Crippen LogP contribution in [0.4, 0.5) is 0 Å². The average molecular weight is 385 g/mol. The third kappa shape index (κ3) is 2.91. The molecule has 0 aliphatic rings. The van der Waals surface area contributed by atoms with Crippen molar-refractivity contribution >= 4 is 27.7 Å². The lowest BCUT2D eigenvalue weighted by Gasteiger charge is -2.09. The number of ether oxygens (including phenoxy) is 1. The number of carbonyl (C=O) groups is 1.